The molecule has 2 aromatic rings. The molecule has 0 atom stereocenters. The number of carbonyl (C=O) groups is 1. The van der Waals surface area contributed by atoms with Crippen molar-refractivity contribution in [2.75, 3.05) is 18.0 Å². The predicted molar refractivity (Wildman–Crippen MR) is 94.7 cm³/mol. The topological polar surface area (TPSA) is 80.2 Å². The molecule has 0 aliphatic carbocycles. The Labute approximate surface area is 147 Å². The maximum atomic E-state index is 12.4. The van der Waals surface area contributed by atoms with E-state index in [4.69, 9.17) is 4.74 Å². The fraction of sp³-hybridized carbons (Fsp3) is 0.444. The van der Waals surface area contributed by atoms with Crippen LogP contribution in [-0.2, 0) is 0 Å². The highest BCUT2D eigenvalue weighted by Gasteiger charge is 2.22. The molecule has 3 heterocycles. The quantitative estimate of drug-likeness (QED) is 0.897. The average molecular weight is 341 g/mol. The summed E-state index contributed by atoms with van der Waals surface area (Å²) in [6.45, 7) is 5.53. The van der Waals surface area contributed by atoms with Crippen LogP contribution in [0.25, 0.3) is 0 Å². The van der Waals surface area contributed by atoms with Gasteiger partial charge in [-0.3, -0.25) is 4.79 Å². The Morgan fingerprint density at radius 2 is 1.92 bits per heavy atom. The molecule has 1 aliphatic heterocycles. The fourth-order valence-electron chi connectivity index (χ4n) is 2.77. The highest BCUT2D eigenvalue weighted by molar-refractivity contribution is 5.94. The van der Waals surface area contributed by atoms with Crippen LogP contribution in [0.2, 0.25) is 0 Å². The summed E-state index contributed by atoms with van der Waals surface area (Å²) in [7, 11) is 0. The molecular formula is C18H23N5O2. The molecule has 1 saturated heterocycles. The summed E-state index contributed by atoms with van der Waals surface area (Å²) in [5.74, 6) is 1.18. The second-order valence-electron chi connectivity index (χ2n) is 6.34. The Morgan fingerprint density at radius 1 is 1.20 bits per heavy atom. The molecule has 3 rings (SSSR count). The standard InChI is InChI=1S/C18H23N5O2/c1-13(2)25-16-5-4-14(12-21-16)17(24)22-15-6-10-23(11-7-15)18-19-8-3-9-20-18/h3-5,8-9,12-13,15H,6-7,10-11H2,1-2H3,(H,22,24). The highest BCUT2D eigenvalue weighted by atomic mass is 16.5. The Kier molecular flexibility index (Phi) is 5.42. The third-order valence-corrected chi connectivity index (χ3v) is 4.02. The molecule has 0 spiro atoms. The predicted octanol–water partition coefficient (Wildman–Crippen LogP) is 2.06. The lowest BCUT2D eigenvalue weighted by atomic mass is 10.0. The van der Waals surface area contributed by atoms with Crippen LogP contribution in [0.15, 0.2) is 36.8 Å². The summed E-state index contributed by atoms with van der Waals surface area (Å²) in [6.07, 6.45) is 6.84. The minimum Gasteiger partial charge on any atom is -0.475 e. The van der Waals surface area contributed by atoms with Crippen LogP contribution in [0.4, 0.5) is 5.95 Å². The van der Waals surface area contributed by atoms with E-state index in [2.05, 4.69) is 25.2 Å². The van der Waals surface area contributed by atoms with E-state index in [9.17, 15) is 4.79 Å². The molecular weight excluding hydrogens is 318 g/mol. The van der Waals surface area contributed by atoms with E-state index in [0.717, 1.165) is 31.9 Å². The molecule has 7 nitrogen and oxygen atoms in total. The second-order valence-corrected chi connectivity index (χ2v) is 6.34. The summed E-state index contributed by atoms with van der Waals surface area (Å²) < 4.78 is 5.49. The van der Waals surface area contributed by atoms with Crippen LogP contribution in [0.5, 0.6) is 5.88 Å². The number of piperidine rings is 1. The zero-order chi connectivity index (χ0) is 17.6. The van der Waals surface area contributed by atoms with E-state index in [1.165, 1.54) is 0 Å². The third kappa shape index (κ3) is 4.65. The number of carbonyl (C=O) groups excluding carboxylic acids is 1. The molecule has 0 saturated carbocycles. The van der Waals surface area contributed by atoms with Gasteiger partial charge in [0.05, 0.1) is 11.7 Å². The summed E-state index contributed by atoms with van der Waals surface area (Å²) in [5, 5.41) is 3.08. The van der Waals surface area contributed by atoms with Crippen LogP contribution in [0, 0.1) is 0 Å². The number of anilines is 1. The van der Waals surface area contributed by atoms with Crippen molar-refractivity contribution in [3.63, 3.8) is 0 Å². The fourth-order valence-corrected chi connectivity index (χ4v) is 2.77. The van der Waals surface area contributed by atoms with Crippen LogP contribution >= 0.6 is 0 Å². The first-order chi connectivity index (χ1) is 12.1. The Balaban J connectivity index is 1.51. The second kappa shape index (κ2) is 7.92. The van der Waals surface area contributed by atoms with Crippen LogP contribution in [0.1, 0.15) is 37.0 Å². The van der Waals surface area contributed by atoms with Gasteiger partial charge in [-0.1, -0.05) is 0 Å². The van der Waals surface area contributed by atoms with E-state index >= 15 is 0 Å². The van der Waals surface area contributed by atoms with Gasteiger partial charge < -0.3 is 15.0 Å². The monoisotopic (exact) mass is 341 g/mol. The number of nitrogens with zero attached hydrogens (tertiary/aromatic N) is 4. The number of amides is 1. The molecule has 1 amide bonds. The highest BCUT2D eigenvalue weighted by Crippen LogP contribution is 2.16. The van der Waals surface area contributed by atoms with Crippen LogP contribution < -0.4 is 15.0 Å². The molecule has 0 bridgehead atoms. The van der Waals surface area contributed by atoms with Gasteiger partial charge in [0.2, 0.25) is 11.8 Å². The number of pyridine rings is 1. The van der Waals surface area contributed by atoms with Gasteiger partial charge in [0, 0.05) is 43.8 Å². The Morgan fingerprint density at radius 3 is 2.52 bits per heavy atom. The molecule has 0 aromatic carbocycles. The first kappa shape index (κ1) is 17.1. The Bertz CT molecular complexity index is 682. The molecule has 2 aromatic heterocycles. The molecule has 0 unspecified atom stereocenters. The van der Waals surface area contributed by atoms with Gasteiger partial charge in [-0.05, 0) is 38.8 Å². The summed E-state index contributed by atoms with van der Waals surface area (Å²) >= 11 is 0. The first-order valence-electron chi connectivity index (χ1n) is 8.57. The zero-order valence-corrected chi connectivity index (χ0v) is 14.6. The van der Waals surface area contributed by atoms with Gasteiger partial charge >= 0.3 is 0 Å². The van der Waals surface area contributed by atoms with Crippen molar-refractivity contribution in [2.24, 2.45) is 0 Å². The number of aromatic nitrogens is 3. The molecule has 7 heteroatoms. The molecule has 1 aliphatic rings. The van der Waals surface area contributed by atoms with Gasteiger partial charge in [-0.25, -0.2) is 15.0 Å². The number of hydrogen-bond donors (Lipinski definition) is 1. The zero-order valence-electron chi connectivity index (χ0n) is 14.6. The third-order valence-electron chi connectivity index (χ3n) is 4.02. The van der Waals surface area contributed by atoms with Crippen molar-refractivity contribution >= 4 is 11.9 Å². The lowest BCUT2D eigenvalue weighted by molar-refractivity contribution is 0.0930. The van der Waals surface area contributed by atoms with Gasteiger partial charge in [-0.15, -0.1) is 0 Å². The number of rotatable bonds is 5. The lowest BCUT2D eigenvalue weighted by Gasteiger charge is -2.32. The average Bonchev–Trinajstić information content (AvgIpc) is 2.63. The molecule has 1 fully saturated rings. The number of nitrogens with one attached hydrogen (secondary N) is 1. The van der Waals surface area contributed by atoms with Gasteiger partial charge in [0.1, 0.15) is 0 Å². The van der Waals surface area contributed by atoms with Crippen molar-refractivity contribution < 1.29 is 9.53 Å². The van der Waals surface area contributed by atoms with Gasteiger partial charge in [-0.2, -0.15) is 0 Å². The SMILES string of the molecule is CC(C)Oc1ccc(C(=O)NC2CCN(c3ncccn3)CC2)cn1. The van der Waals surface area contributed by atoms with E-state index in [-0.39, 0.29) is 18.1 Å². The van der Waals surface area contributed by atoms with E-state index in [0.29, 0.717) is 11.4 Å². The van der Waals surface area contributed by atoms with Crippen molar-refractivity contribution in [2.45, 2.75) is 38.8 Å². The smallest absolute Gasteiger partial charge is 0.253 e. The summed E-state index contributed by atoms with van der Waals surface area (Å²) in [4.78, 5) is 27.2. The maximum Gasteiger partial charge on any atom is 0.253 e. The van der Waals surface area contributed by atoms with E-state index in [1.54, 1.807) is 30.7 Å². The largest absolute Gasteiger partial charge is 0.475 e. The first-order valence-corrected chi connectivity index (χ1v) is 8.57. The van der Waals surface area contributed by atoms with Gasteiger partial charge in [0.15, 0.2) is 0 Å². The van der Waals surface area contributed by atoms with Crippen LogP contribution in [0.3, 0.4) is 0 Å². The number of hydrogen-bond acceptors (Lipinski definition) is 6. The Hall–Kier alpha value is -2.70. The molecule has 0 radical (unpaired) electrons. The minimum atomic E-state index is -0.0991. The normalized spacial score (nSPS) is 15.2. The maximum absolute atomic E-state index is 12.4. The molecule has 1 N–H and O–H groups in total. The number of ether oxygens (including phenoxy) is 1. The van der Waals surface area contributed by atoms with Gasteiger partial charge in [0.25, 0.3) is 5.91 Å². The summed E-state index contributed by atoms with van der Waals surface area (Å²) in [6, 6.07) is 5.43. The van der Waals surface area contributed by atoms with E-state index in [1.807, 2.05) is 19.9 Å². The van der Waals surface area contributed by atoms with E-state index < -0.39 is 0 Å². The summed E-state index contributed by atoms with van der Waals surface area (Å²) in [5.41, 5.74) is 0.546. The minimum absolute atomic E-state index is 0.0611. The van der Waals surface area contributed by atoms with Crippen molar-refractivity contribution in [1.29, 1.82) is 0 Å². The van der Waals surface area contributed by atoms with Crippen molar-refractivity contribution in [1.82, 2.24) is 20.3 Å². The van der Waals surface area contributed by atoms with Crippen LogP contribution in [-0.4, -0.2) is 46.1 Å². The lowest BCUT2D eigenvalue weighted by Crippen LogP contribution is -2.45. The van der Waals surface area contributed by atoms with Crippen molar-refractivity contribution in [3.05, 3.63) is 42.4 Å². The molecule has 132 valence electrons. The molecule has 25 heavy (non-hydrogen) atoms. The van der Waals surface area contributed by atoms with Crippen molar-refractivity contribution in [3.8, 4) is 5.88 Å².